The van der Waals surface area contributed by atoms with Gasteiger partial charge in [0.2, 0.25) is 0 Å². The van der Waals surface area contributed by atoms with E-state index >= 15 is 0 Å². The minimum absolute atomic E-state index is 1.18. The Morgan fingerprint density at radius 2 is 0.714 bits per heavy atom. The van der Waals surface area contributed by atoms with Crippen LogP contribution in [0.4, 0.5) is 0 Å². The van der Waals surface area contributed by atoms with Gasteiger partial charge in [-0.1, -0.05) is 0 Å². The Bertz CT molecular complexity index is 126. The third kappa shape index (κ3) is 2.50. The third-order valence-electron chi connectivity index (χ3n) is 4.00. The first kappa shape index (κ1) is 10.5. The Kier molecular flexibility index (Phi) is 3.16. The second kappa shape index (κ2) is 4.22. The molecule has 0 amide bonds. The minimum atomic E-state index is 1.18. The number of hydrogen-bond acceptors (Lipinski definition) is 1. The van der Waals surface area contributed by atoms with Crippen LogP contribution in [-0.2, 0) is 0 Å². The number of nitrogens with zero attached hydrogens (tertiary/aromatic N) is 1. The van der Waals surface area contributed by atoms with Gasteiger partial charge in [-0.3, -0.25) is 0 Å². The lowest BCUT2D eigenvalue weighted by molar-refractivity contribution is 0.0198. The zero-order chi connectivity index (χ0) is 10.1. The second-order valence-corrected chi connectivity index (χ2v) is 6.22. The Morgan fingerprint density at radius 3 is 0.857 bits per heavy atom. The van der Waals surface area contributed by atoms with Crippen LogP contribution >= 0.6 is 0 Å². The summed E-state index contributed by atoms with van der Waals surface area (Å²) in [6.45, 7) is 0. The van der Waals surface area contributed by atoms with Gasteiger partial charge in [0.15, 0.2) is 0 Å². The molecule has 4 aliphatic carbocycles. The van der Waals surface area contributed by atoms with Crippen molar-refractivity contribution in [1.29, 1.82) is 0 Å². The highest BCUT2D eigenvalue weighted by Crippen LogP contribution is 2.53. The number of hydrogen-bond donors (Lipinski definition) is 0. The lowest BCUT2D eigenvalue weighted by Crippen LogP contribution is -2.38. The zero-order valence-corrected chi connectivity index (χ0v) is 10.00. The molecular formula is C13H25N. The van der Waals surface area contributed by atoms with Crippen LogP contribution in [0.25, 0.3) is 0 Å². The fourth-order valence-corrected chi connectivity index (χ4v) is 3.98. The van der Waals surface area contributed by atoms with Gasteiger partial charge in [-0.05, 0) is 83.3 Å². The molecule has 0 radical (unpaired) electrons. The fraction of sp³-hybridized carbons (Fsp3) is 1.00. The molecule has 14 heavy (non-hydrogen) atoms. The summed E-state index contributed by atoms with van der Waals surface area (Å²) in [6.07, 6.45) is 9.62. The fourth-order valence-electron chi connectivity index (χ4n) is 3.98. The van der Waals surface area contributed by atoms with Crippen molar-refractivity contribution >= 4 is 0 Å². The van der Waals surface area contributed by atoms with Gasteiger partial charge in [0.25, 0.3) is 0 Å². The van der Waals surface area contributed by atoms with Crippen LogP contribution in [0.1, 0.15) is 38.5 Å². The predicted molar refractivity (Wildman–Crippen MR) is 61.3 cm³/mol. The summed E-state index contributed by atoms with van der Waals surface area (Å²) >= 11 is 0. The van der Waals surface area contributed by atoms with Gasteiger partial charge in [0, 0.05) is 0 Å². The van der Waals surface area contributed by atoms with Crippen LogP contribution in [0.2, 0.25) is 0 Å². The highest BCUT2D eigenvalue weighted by atomic mass is 15.0. The minimum Gasteiger partial charge on any atom is -0.312 e. The van der Waals surface area contributed by atoms with Gasteiger partial charge in [-0.25, -0.2) is 0 Å². The molecule has 0 atom stereocenters. The molecule has 1 nitrogen and oxygen atoms in total. The molecule has 0 unspecified atom stereocenters. The van der Waals surface area contributed by atoms with E-state index in [1.807, 2.05) is 26.0 Å². The molecule has 4 fully saturated rings. The maximum absolute atomic E-state index is 2.00. The third-order valence-corrected chi connectivity index (χ3v) is 4.00. The second-order valence-electron chi connectivity index (χ2n) is 6.22. The van der Waals surface area contributed by atoms with Crippen LogP contribution < -0.4 is 0 Å². The Hall–Kier alpha value is -0.0400. The molecule has 4 bridgehead atoms. The largest absolute Gasteiger partial charge is 0.312 e. The lowest BCUT2D eigenvalue weighted by Gasteiger charge is -2.49. The van der Waals surface area contributed by atoms with E-state index in [2.05, 4.69) is 0 Å². The zero-order valence-electron chi connectivity index (χ0n) is 10.00. The quantitative estimate of drug-likeness (QED) is 0.574. The lowest BCUT2D eigenvalue weighted by atomic mass is 9.56. The van der Waals surface area contributed by atoms with Crippen molar-refractivity contribution in [3.8, 4) is 0 Å². The molecule has 0 aliphatic heterocycles. The van der Waals surface area contributed by atoms with E-state index in [0.717, 1.165) is 0 Å². The summed E-state index contributed by atoms with van der Waals surface area (Å²) < 4.78 is 0. The van der Waals surface area contributed by atoms with Gasteiger partial charge in [-0.15, -0.1) is 0 Å². The highest BCUT2D eigenvalue weighted by Gasteiger charge is 2.41. The molecule has 0 aromatic heterocycles. The Balaban J connectivity index is 0.000000165. The molecule has 0 spiro atoms. The van der Waals surface area contributed by atoms with E-state index in [4.69, 9.17) is 0 Å². The van der Waals surface area contributed by atoms with E-state index in [1.165, 1.54) is 23.7 Å². The molecular weight excluding hydrogens is 170 g/mol. The summed E-state index contributed by atoms with van der Waals surface area (Å²) in [5.41, 5.74) is 0. The SMILES string of the molecule is C1C2CC3CC1CC(C2)C3.CN(C)C. The van der Waals surface area contributed by atoms with Crippen molar-refractivity contribution in [1.82, 2.24) is 4.90 Å². The van der Waals surface area contributed by atoms with Crippen molar-refractivity contribution in [3.05, 3.63) is 0 Å². The van der Waals surface area contributed by atoms with Gasteiger partial charge in [0.05, 0.1) is 0 Å². The predicted octanol–water partition coefficient (Wildman–Crippen LogP) is 3.01. The first-order chi connectivity index (χ1) is 6.63. The van der Waals surface area contributed by atoms with E-state index in [9.17, 15) is 0 Å². The van der Waals surface area contributed by atoms with Crippen LogP contribution in [-0.4, -0.2) is 26.0 Å². The summed E-state index contributed by atoms with van der Waals surface area (Å²) in [5.74, 6) is 4.71. The highest BCUT2D eigenvalue weighted by molar-refractivity contribution is 4.92. The Labute approximate surface area is 88.9 Å². The van der Waals surface area contributed by atoms with Crippen LogP contribution in [0.15, 0.2) is 0 Å². The smallest absolute Gasteiger partial charge is 0.0140 e. The molecule has 1 heteroatoms. The van der Waals surface area contributed by atoms with E-state index < -0.39 is 0 Å². The summed E-state index contributed by atoms with van der Waals surface area (Å²) in [5, 5.41) is 0. The molecule has 0 aromatic rings. The van der Waals surface area contributed by atoms with Crippen molar-refractivity contribution in [2.24, 2.45) is 23.7 Å². The van der Waals surface area contributed by atoms with Crippen LogP contribution in [0, 0.1) is 23.7 Å². The molecule has 4 rings (SSSR count). The topological polar surface area (TPSA) is 3.24 Å². The van der Waals surface area contributed by atoms with Crippen molar-refractivity contribution < 1.29 is 0 Å². The average Bonchev–Trinajstić information content (AvgIpc) is 1.98. The van der Waals surface area contributed by atoms with E-state index in [1.54, 1.807) is 38.5 Å². The van der Waals surface area contributed by atoms with Crippen LogP contribution in [0.5, 0.6) is 0 Å². The molecule has 0 N–H and O–H groups in total. The molecule has 0 saturated heterocycles. The molecule has 0 aromatic carbocycles. The normalized spacial score (nSPS) is 43.7. The number of rotatable bonds is 0. The first-order valence-electron chi connectivity index (χ1n) is 6.24. The van der Waals surface area contributed by atoms with Crippen molar-refractivity contribution in [2.75, 3.05) is 21.1 Å². The monoisotopic (exact) mass is 195 g/mol. The molecule has 4 saturated carbocycles. The standard InChI is InChI=1S/C10H16.C3H9N/c1-7-2-9-4-8(1)5-10(3-7)6-9;1-4(2)3/h7-10H,1-6H2;1-3H3. The molecule has 4 aliphatic rings. The van der Waals surface area contributed by atoms with Gasteiger partial charge < -0.3 is 4.90 Å². The van der Waals surface area contributed by atoms with Crippen molar-refractivity contribution in [2.45, 2.75) is 38.5 Å². The van der Waals surface area contributed by atoms with Gasteiger partial charge in [-0.2, -0.15) is 0 Å². The van der Waals surface area contributed by atoms with Gasteiger partial charge >= 0.3 is 0 Å². The van der Waals surface area contributed by atoms with Crippen molar-refractivity contribution in [3.63, 3.8) is 0 Å². The maximum atomic E-state index is 2.00. The first-order valence-corrected chi connectivity index (χ1v) is 6.24. The maximum Gasteiger partial charge on any atom is -0.0140 e. The van der Waals surface area contributed by atoms with Crippen LogP contribution in [0.3, 0.4) is 0 Å². The average molecular weight is 195 g/mol. The Morgan fingerprint density at radius 1 is 0.571 bits per heavy atom. The summed E-state index contributed by atoms with van der Waals surface area (Å²) in [6, 6.07) is 0. The summed E-state index contributed by atoms with van der Waals surface area (Å²) in [7, 11) is 6.00. The molecule has 82 valence electrons. The van der Waals surface area contributed by atoms with E-state index in [-0.39, 0.29) is 0 Å². The van der Waals surface area contributed by atoms with Gasteiger partial charge in [0.1, 0.15) is 0 Å². The van der Waals surface area contributed by atoms with E-state index in [0.29, 0.717) is 0 Å². The molecule has 0 heterocycles. The summed E-state index contributed by atoms with van der Waals surface area (Å²) in [4.78, 5) is 2.00.